The van der Waals surface area contributed by atoms with Crippen LogP contribution >= 0.6 is 0 Å². The summed E-state index contributed by atoms with van der Waals surface area (Å²) in [6.45, 7) is 8.27. The number of fused-ring (bicyclic) bond motifs is 2. The molecule has 0 aliphatic heterocycles. The zero-order valence-corrected chi connectivity index (χ0v) is 19.8. The number of anilines is 1. The molecule has 0 unspecified atom stereocenters. The number of aromatic amines is 2. The molecule has 176 valence electrons. The van der Waals surface area contributed by atoms with Gasteiger partial charge in [-0.25, -0.2) is 9.97 Å². The van der Waals surface area contributed by atoms with Crippen LogP contribution in [0.5, 0.6) is 0 Å². The first-order chi connectivity index (χ1) is 17.6. The molecule has 0 radical (unpaired) electrons. The van der Waals surface area contributed by atoms with Gasteiger partial charge in [0.05, 0.1) is 40.5 Å². The fourth-order valence-corrected chi connectivity index (χ4v) is 3.99. The summed E-state index contributed by atoms with van der Waals surface area (Å²) >= 11 is 0. The first-order valence-electron chi connectivity index (χ1n) is 11.6. The summed E-state index contributed by atoms with van der Waals surface area (Å²) in [6.07, 6.45) is 8.85. The van der Waals surface area contributed by atoms with Crippen LogP contribution in [0.1, 0.15) is 13.8 Å². The molecule has 6 rings (SSSR count). The summed E-state index contributed by atoms with van der Waals surface area (Å²) in [5.74, 6) is 0.930. The number of pyridine rings is 4. The van der Waals surface area contributed by atoms with Crippen LogP contribution in [0.3, 0.4) is 0 Å². The minimum absolute atomic E-state index is 0.313. The van der Waals surface area contributed by atoms with E-state index >= 15 is 0 Å². The summed E-state index contributed by atoms with van der Waals surface area (Å²) in [7, 11) is 0. The average molecular weight is 474 g/mol. The molecule has 36 heavy (non-hydrogen) atoms. The van der Waals surface area contributed by atoms with Crippen LogP contribution in [-0.2, 0) is 0 Å². The van der Waals surface area contributed by atoms with Gasteiger partial charge in [-0.2, -0.15) is 5.10 Å². The van der Waals surface area contributed by atoms with Crippen LogP contribution in [0.2, 0.25) is 0 Å². The second kappa shape index (κ2) is 8.70. The van der Waals surface area contributed by atoms with Crippen LogP contribution < -0.4 is 5.32 Å². The Balaban J connectivity index is 1.41. The molecule has 0 bridgehead atoms. The van der Waals surface area contributed by atoms with Gasteiger partial charge < -0.3 is 10.3 Å². The maximum Gasteiger partial charge on any atom is 0.178 e. The Hall–Kier alpha value is -4.92. The van der Waals surface area contributed by atoms with Gasteiger partial charge >= 0.3 is 0 Å². The molecule has 0 spiro atoms. The van der Waals surface area contributed by atoms with E-state index in [1.54, 1.807) is 31.0 Å². The van der Waals surface area contributed by atoms with E-state index in [4.69, 9.17) is 4.98 Å². The van der Waals surface area contributed by atoms with E-state index in [1.165, 1.54) is 0 Å². The van der Waals surface area contributed by atoms with Gasteiger partial charge in [0.25, 0.3) is 0 Å². The van der Waals surface area contributed by atoms with E-state index in [0.717, 1.165) is 50.3 Å². The quantitative estimate of drug-likeness (QED) is 0.288. The van der Waals surface area contributed by atoms with Crippen molar-refractivity contribution in [2.45, 2.75) is 13.8 Å². The van der Waals surface area contributed by atoms with Crippen molar-refractivity contribution >= 4 is 27.8 Å². The van der Waals surface area contributed by atoms with Crippen molar-refractivity contribution in [2.24, 2.45) is 5.92 Å². The molecule has 0 saturated heterocycles. The van der Waals surface area contributed by atoms with E-state index in [2.05, 4.69) is 60.9 Å². The number of H-pyrrole nitrogens is 2. The third-order valence-electron chi connectivity index (χ3n) is 6.04. The number of rotatable bonds is 6. The van der Waals surface area contributed by atoms with Crippen LogP contribution in [-0.4, -0.2) is 40.1 Å². The molecule has 6 heterocycles. The van der Waals surface area contributed by atoms with Crippen molar-refractivity contribution in [1.82, 2.24) is 40.1 Å². The molecule has 0 saturated carbocycles. The lowest BCUT2D eigenvalue weighted by Crippen LogP contribution is -2.04. The van der Waals surface area contributed by atoms with Crippen LogP contribution in [0.25, 0.3) is 56.1 Å². The lowest BCUT2D eigenvalue weighted by atomic mass is 10.1. The van der Waals surface area contributed by atoms with Crippen LogP contribution in [0.4, 0.5) is 5.69 Å². The summed E-state index contributed by atoms with van der Waals surface area (Å²) in [5, 5.41) is 11.8. The number of aromatic nitrogens is 8. The van der Waals surface area contributed by atoms with Gasteiger partial charge in [-0.3, -0.25) is 20.1 Å². The normalized spacial score (nSPS) is 11.4. The largest absolute Gasteiger partial charge is 0.358 e. The van der Waals surface area contributed by atoms with Gasteiger partial charge in [0.15, 0.2) is 11.5 Å². The van der Waals surface area contributed by atoms with Gasteiger partial charge in [-0.15, -0.1) is 0 Å². The van der Waals surface area contributed by atoms with E-state index in [-0.39, 0.29) is 0 Å². The molecule has 6 aromatic heterocycles. The number of hydrogen-bond acceptors (Lipinski definition) is 7. The molecule has 0 fully saturated rings. The SMILES string of the molecule is C=C(Nc1cncc(-c2cc3c(-c4nc5nccc(-c6ccccn6)c5[nH]4)n[nH]c3cn2)c1)C(C)C. The van der Waals surface area contributed by atoms with Crippen molar-refractivity contribution < 1.29 is 0 Å². The van der Waals surface area contributed by atoms with Gasteiger partial charge in [-0.1, -0.05) is 26.5 Å². The number of imidazole rings is 1. The first-order valence-corrected chi connectivity index (χ1v) is 11.6. The summed E-state index contributed by atoms with van der Waals surface area (Å²) < 4.78 is 0. The van der Waals surface area contributed by atoms with Gasteiger partial charge in [0.2, 0.25) is 0 Å². The molecule has 3 N–H and O–H groups in total. The first kappa shape index (κ1) is 21.6. The molecule has 0 aliphatic rings. The molecular formula is C27H23N9. The molecule has 0 atom stereocenters. The Kier molecular flexibility index (Phi) is 5.22. The van der Waals surface area contributed by atoms with Crippen molar-refractivity contribution in [3.05, 3.63) is 79.7 Å². The Morgan fingerprint density at radius 3 is 2.72 bits per heavy atom. The predicted octanol–water partition coefficient (Wildman–Crippen LogP) is 5.60. The van der Waals surface area contributed by atoms with Crippen LogP contribution in [0.15, 0.2) is 79.7 Å². The molecule has 0 aliphatic carbocycles. The highest BCUT2D eigenvalue weighted by Crippen LogP contribution is 2.31. The van der Waals surface area contributed by atoms with Crippen molar-refractivity contribution in [1.29, 1.82) is 0 Å². The zero-order chi connectivity index (χ0) is 24.6. The van der Waals surface area contributed by atoms with Crippen LogP contribution in [0, 0.1) is 5.92 Å². The van der Waals surface area contributed by atoms with Crippen molar-refractivity contribution in [3.8, 4) is 34.0 Å². The Morgan fingerprint density at radius 1 is 0.972 bits per heavy atom. The number of nitrogens with one attached hydrogen (secondary N) is 3. The average Bonchev–Trinajstić information content (AvgIpc) is 3.53. The third-order valence-corrected chi connectivity index (χ3v) is 6.04. The van der Waals surface area contributed by atoms with E-state index in [9.17, 15) is 0 Å². The summed E-state index contributed by atoms with van der Waals surface area (Å²) in [6, 6.07) is 11.7. The van der Waals surface area contributed by atoms with Crippen molar-refractivity contribution in [2.75, 3.05) is 5.32 Å². The third kappa shape index (κ3) is 3.86. The monoisotopic (exact) mass is 473 g/mol. The molecule has 9 nitrogen and oxygen atoms in total. The highest BCUT2D eigenvalue weighted by molar-refractivity contribution is 5.96. The lowest BCUT2D eigenvalue weighted by Gasteiger charge is -2.13. The lowest BCUT2D eigenvalue weighted by molar-refractivity contribution is 0.778. The summed E-state index contributed by atoms with van der Waals surface area (Å²) in [4.78, 5) is 26.1. The van der Waals surface area contributed by atoms with Gasteiger partial charge in [0, 0.05) is 40.8 Å². The molecule has 6 aromatic rings. The van der Waals surface area contributed by atoms with Crippen molar-refractivity contribution in [3.63, 3.8) is 0 Å². The highest BCUT2D eigenvalue weighted by Gasteiger charge is 2.17. The van der Waals surface area contributed by atoms with E-state index in [0.29, 0.717) is 23.1 Å². The number of nitrogens with zero attached hydrogens (tertiary/aromatic N) is 6. The van der Waals surface area contributed by atoms with E-state index in [1.807, 2.05) is 36.4 Å². The smallest absolute Gasteiger partial charge is 0.178 e. The fourth-order valence-electron chi connectivity index (χ4n) is 3.99. The highest BCUT2D eigenvalue weighted by atomic mass is 15.1. The topological polar surface area (TPSA) is 121 Å². The van der Waals surface area contributed by atoms with Gasteiger partial charge in [-0.05, 0) is 36.2 Å². The standard InChI is InChI=1S/C27H23N9/c1-15(2)16(3)32-18-10-17(12-28-13-18)22-11-20-23(14-31-22)35-36-25(20)27-33-24-19(7-9-30-26(24)34-27)21-6-4-5-8-29-21/h4-15,32H,3H2,1-2H3,(H,35,36)(H,30,33,34). The Labute approximate surface area is 206 Å². The molecule has 9 heteroatoms. The Bertz CT molecular complexity index is 1710. The maximum absolute atomic E-state index is 4.73. The summed E-state index contributed by atoms with van der Waals surface area (Å²) in [5.41, 5.74) is 8.14. The minimum atomic E-state index is 0.313. The molecule has 0 amide bonds. The fraction of sp³-hybridized carbons (Fsp3) is 0.111. The maximum atomic E-state index is 4.73. The van der Waals surface area contributed by atoms with Gasteiger partial charge in [0.1, 0.15) is 5.69 Å². The second-order valence-electron chi connectivity index (χ2n) is 8.81. The second-order valence-corrected chi connectivity index (χ2v) is 8.81. The minimum Gasteiger partial charge on any atom is -0.358 e. The Morgan fingerprint density at radius 2 is 1.89 bits per heavy atom. The zero-order valence-electron chi connectivity index (χ0n) is 19.8. The molecular weight excluding hydrogens is 450 g/mol. The van der Waals surface area contributed by atoms with E-state index < -0.39 is 0 Å². The number of allylic oxidation sites excluding steroid dienone is 1. The predicted molar refractivity (Wildman–Crippen MR) is 141 cm³/mol. The molecule has 0 aromatic carbocycles. The number of hydrogen-bond donors (Lipinski definition) is 3.